The van der Waals surface area contributed by atoms with Crippen LogP contribution in [-0.4, -0.2) is 21.4 Å². The third-order valence-electron chi connectivity index (χ3n) is 5.29. The Morgan fingerprint density at radius 2 is 1.82 bits per heavy atom. The minimum absolute atomic E-state index is 0.184. The first-order valence-corrected chi connectivity index (χ1v) is 9.61. The highest BCUT2D eigenvalue weighted by Crippen LogP contribution is 2.34. The van der Waals surface area contributed by atoms with Gasteiger partial charge in [0, 0.05) is 17.4 Å². The van der Waals surface area contributed by atoms with Crippen LogP contribution >= 0.6 is 0 Å². The smallest absolute Gasteiger partial charge is 0.165 e. The van der Waals surface area contributed by atoms with Crippen molar-refractivity contribution in [3.63, 3.8) is 0 Å². The van der Waals surface area contributed by atoms with Crippen LogP contribution < -0.4 is 10.1 Å². The van der Waals surface area contributed by atoms with Gasteiger partial charge in [-0.15, -0.1) is 0 Å². The number of aromatic nitrogens is 3. The van der Waals surface area contributed by atoms with Crippen molar-refractivity contribution < 1.29 is 4.74 Å². The predicted molar refractivity (Wildman–Crippen MR) is 111 cm³/mol. The fourth-order valence-electron chi connectivity index (χ4n) is 4.00. The van der Waals surface area contributed by atoms with E-state index in [1.54, 1.807) is 0 Å². The maximum atomic E-state index is 5.79. The van der Waals surface area contributed by atoms with Gasteiger partial charge < -0.3 is 10.1 Å². The molecule has 0 bridgehead atoms. The lowest BCUT2D eigenvalue weighted by atomic mass is 10.0. The van der Waals surface area contributed by atoms with Gasteiger partial charge in [0.1, 0.15) is 11.6 Å². The monoisotopic (exact) mass is 370 g/mol. The second kappa shape index (κ2) is 6.68. The lowest BCUT2D eigenvalue weighted by Gasteiger charge is -2.27. The molecule has 1 aliphatic heterocycles. The van der Waals surface area contributed by atoms with Crippen LogP contribution in [0, 0.1) is 13.8 Å². The van der Waals surface area contributed by atoms with Gasteiger partial charge in [0.05, 0.1) is 24.0 Å². The van der Waals surface area contributed by atoms with Gasteiger partial charge in [0.25, 0.3) is 0 Å². The molecule has 0 fully saturated rings. The Morgan fingerprint density at radius 1 is 1.04 bits per heavy atom. The lowest BCUT2D eigenvalue weighted by Crippen LogP contribution is -2.20. The first-order chi connectivity index (χ1) is 13.7. The molecule has 0 aliphatic carbocycles. The molecule has 0 saturated heterocycles. The molecule has 1 unspecified atom stereocenters. The standard InChI is InChI=1S/C23H22N4O/c1-15-14-21(24-19-12-13-28-20-11-7-6-10-18(19)20)25-23-22(15)16(2)26-27(23)17-8-4-3-5-9-17/h3-11,14,19H,12-13H2,1-2H3,(H,24,25). The predicted octanol–water partition coefficient (Wildman–Crippen LogP) is 4.97. The van der Waals surface area contributed by atoms with Crippen molar-refractivity contribution in [3.8, 4) is 11.4 Å². The van der Waals surface area contributed by atoms with E-state index in [1.165, 1.54) is 11.1 Å². The summed E-state index contributed by atoms with van der Waals surface area (Å²) < 4.78 is 7.72. The van der Waals surface area contributed by atoms with Gasteiger partial charge in [-0.05, 0) is 43.7 Å². The zero-order valence-corrected chi connectivity index (χ0v) is 16.0. The summed E-state index contributed by atoms with van der Waals surface area (Å²) in [6, 6.07) is 20.7. The molecule has 3 heterocycles. The second-order valence-corrected chi connectivity index (χ2v) is 7.23. The molecule has 5 heteroatoms. The minimum atomic E-state index is 0.184. The van der Waals surface area contributed by atoms with Gasteiger partial charge in [0.15, 0.2) is 5.65 Å². The average Bonchev–Trinajstić information content (AvgIpc) is 3.06. The molecule has 2 aromatic heterocycles. The van der Waals surface area contributed by atoms with Crippen molar-refractivity contribution >= 4 is 16.9 Å². The van der Waals surface area contributed by atoms with Crippen molar-refractivity contribution in [1.29, 1.82) is 0 Å². The Bertz CT molecular complexity index is 1150. The summed E-state index contributed by atoms with van der Waals surface area (Å²) in [6.07, 6.45) is 0.909. The maximum Gasteiger partial charge on any atom is 0.165 e. The molecule has 1 aliphatic rings. The molecule has 2 aromatic carbocycles. The number of fused-ring (bicyclic) bond motifs is 2. The Hall–Kier alpha value is -3.34. The van der Waals surface area contributed by atoms with Crippen molar-refractivity contribution in [3.05, 3.63) is 77.5 Å². The van der Waals surface area contributed by atoms with Gasteiger partial charge in [-0.25, -0.2) is 9.67 Å². The van der Waals surface area contributed by atoms with E-state index < -0.39 is 0 Å². The summed E-state index contributed by atoms with van der Waals surface area (Å²) in [5.74, 6) is 1.82. The van der Waals surface area contributed by atoms with Crippen LogP contribution in [0.2, 0.25) is 0 Å². The van der Waals surface area contributed by atoms with Crippen LogP contribution in [0.25, 0.3) is 16.7 Å². The number of nitrogens with zero attached hydrogens (tertiary/aromatic N) is 3. The molecule has 0 saturated carbocycles. The van der Waals surface area contributed by atoms with Crippen LogP contribution in [0.1, 0.15) is 29.3 Å². The molecule has 4 aromatic rings. The van der Waals surface area contributed by atoms with E-state index in [1.807, 2.05) is 41.9 Å². The number of anilines is 1. The lowest BCUT2D eigenvalue weighted by molar-refractivity contribution is 0.274. The number of hydrogen-bond acceptors (Lipinski definition) is 4. The third-order valence-corrected chi connectivity index (χ3v) is 5.29. The van der Waals surface area contributed by atoms with Gasteiger partial charge in [-0.2, -0.15) is 5.10 Å². The Balaban J connectivity index is 1.58. The number of aryl methyl sites for hydroxylation is 2. The molecule has 0 radical (unpaired) electrons. The summed E-state index contributed by atoms with van der Waals surface area (Å²) in [6.45, 7) is 4.87. The molecule has 0 spiro atoms. The van der Waals surface area contributed by atoms with E-state index in [-0.39, 0.29) is 6.04 Å². The highest BCUT2D eigenvalue weighted by atomic mass is 16.5. The van der Waals surface area contributed by atoms with Crippen LogP contribution in [0.15, 0.2) is 60.7 Å². The van der Waals surface area contributed by atoms with Crippen molar-refractivity contribution in [2.45, 2.75) is 26.3 Å². The normalized spacial score (nSPS) is 15.9. The SMILES string of the molecule is Cc1cc(NC2CCOc3ccccc32)nc2c1c(C)nn2-c1ccccc1. The molecule has 0 amide bonds. The Labute approximate surface area is 164 Å². The highest BCUT2D eigenvalue weighted by molar-refractivity contribution is 5.85. The fraction of sp³-hybridized carbons (Fsp3) is 0.217. The number of hydrogen-bond donors (Lipinski definition) is 1. The van der Waals surface area contributed by atoms with Gasteiger partial charge >= 0.3 is 0 Å². The molecule has 140 valence electrons. The Morgan fingerprint density at radius 3 is 2.68 bits per heavy atom. The zero-order chi connectivity index (χ0) is 19.1. The first kappa shape index (κ1) is 16.8. The van der Waals surface area contributed by atoms with E-state index >= 15 is 0 Å². The van der Waals surface area contributed by atoms with Crippen LogP contribution in [0.4, 0.5) is 5.82 Å². The van der Waals surface area contributed by atoms with Crippen molar-refractivity contribution in [1.82, 2.24) is 14.8 Å². The minimum Gasteiger partial charge on any atom is -0.493 e. The molecular weight excluding hydrogens is 348 g/mol. The zero-order valence-electron chi connectivity index (χ0n) is 16.0. The summed E-state index contributed by atoms with van der Waals surface area (Å²) >= 11 is 0. The van der Waals surface area contributed by atoms with E-state index in [9.17, 15) is 0 Å². The number of pyridine rings is 1. The number of ether oxygens (including phenoxy) is 1. The number of benzene rings is 2. The largest absolute Gasteiger partial charge is 0.493 e. The van der Waals surface area contributed by atoms with E-state index in [2.05, 4.69) is 42.6 Å². The summed E-state index contributed by atoms with van der Waals surface area (Å²) in [4.78, 5) is 4.95. The third kappa shape index (κ3) is 2.80. The molecule has 5 rings (SSSR count). The van der Waals surface area contributed by atoms with Gasteiger partial charge in [-0.1, -0.05) is 36.4 Å². The molecule has 1 atom stereocenters. The van der Waals surface area contributed by atoms with Gasteiger partial charge in [-0.3, -0.25) is 0 Å². The fourth-order valence-corrected chi connectivity index (χ4v) is 4.00. The second-order valence-electron chi connectivity index (χ2n) is 7.23. The Kier molecular flexibility index (Phi) is 4.01. The first-order valence-electron chi connectivity index (χ1n) is 9.61. The van der Waals surface area contributed by atoms with Crippen LogP contribution in [-0.2, 0) is 0 Å². The number of para-hydroxylation sites is 2. The molecule has 5 nitrogen and oxygen atoms in total. The highest BCUT2D eigenvalue weighted by Gasteiger charge is 2.22. The van der Waals surface area contributed by atoms with Crippen LogP contribution in [0.3, 0.4) is 0 Å². The van der Waals surface area contributed by atoms with Gasteiger partial charge in [0.2, 0.25) is 0 Å². The quantitative estimate of drug-likeness (QED) is 0.553. The molecule has 28 heavy (non-hydrogen) atoms. The van der Waals surface area contributed by atoms with E-state index in [0.29, 0.717) is 6.61 Å². The van der Waals surface area contributed by atoms with Crippen LogP contribution in [0.5, 0.6) is 5.75 Å². The maximum absolute atomic E-state index is 5.79. The summed E-state index contributed by atoms with van der Waals surface area (Å²) in [5.41, 5.74) is 5.24. The van der Waals surface area contributed by atoms with Crippen molar-refractivity contribution in [2.75, 3.05) is 11.9 Å². The van der Waals surface area contributed by atoms with Crippen molar-refractivity contribution in [2.24, 2.45) is 0 Å². The van der Waals surface area contributed by atoms with E-state index in [0.717, 1.165) is 40.4 Å². The average molecular weight is 370 g/mol. The van der Waals surface area contributed by atoms with E-state index in [4.69, 9.17) is 14.8 Å². The summed E-state index contributed by atoms with van der Waals surface area (Å²) in [7, 11) is 0. The number of rotatable bonds is 3. The number of nitrogens with one attached hydrogen (secondary N) is 1. The molecular formula is C23H22N4O. The molecule has 1 N–H and O–H groups in total. The topological polar surface area (TPSA) is 52.0 Å². The summed E-state index contributed by atoms with van der Waals surface area (Å²) in [5, 5.41) is 9.49.